The van der Waals surface area contributed by atoms with Gasteiger partial charge in [-0.15, -0.1) is 0 Å². The van der Waals surface area contributed by atoms with Gasteiger partial charge in [-0.2, -0.15) is 0 Å². The first-order chi connectivity index (χ1) is 14.5. The van der Waals surface area contributed by atoms with Crippen LogP contribution in [-0.2, 0) is 7.05 Å². The number of nitrogens with one attached hydrogen (secondary N) is 1. The van der Waals surface area contributed by atoms with Gasteiger partial charge >= 0.3 is 0 Å². The van der Waals surface area contributed by atoms with Gasteiger partial charge < -0.3 is 19.7 Å². The number of anilines is 3. The zero-order chi connectivity index (χ0) is 21.1. The molecule has 30 heavy (non-hydrogen) atoms. The van der Waals surface area contributed by atoms with Crippen LogP contribution in [0.1, 0.15) is 15.9 Å². The Hall–Kier alpha value is -3.75. The fourth-order valence-electron chi connectivity index (χ4n) is 3.39. The first kappa shape index (κ1) is 19.6. The van der Waals surface area contributed by atoms with Crippen molar-refractivity contribution in [2.45, 2.75) is 6.92 Å². The van der Waals surface area contributed by atoms with Crippen molar-refractivity contribution in [2.75, 3.05) is 36.4 Å². The minimum atomic E-state index is -0.277. The van der Waals surface area contributed by atoms with Gasteiger partial charge in [0.1, 0.15) is 29.3 Å². The van der Waals surface area contributed by atoms with E-state index in [1.807, 2.05) is 25.1 Å². The van der Waals surface area contributed by atoms with E-state index >= 15 is 0 Å². The molecule has 0 atom stereocenters. The molecule has 9 heteroatoms. The summed E-state index contributed by atoms with van der Waals surface area (Å²) in [5.74, 6) is 1.93. The fourth-order valence-corrected chi connectivity index (χ4v) is 3.39. The summed E-state index contributed by atoms with van der Waals surface area (Å²) in [6.45, 7) is 4.28. The van der Waals surface area contributed by atoms with E-state index in [0.29, 0.717) is 32.0 Å². The number of hydrogen-bond donors (Lipinski definition) is 1. The third-order valence-corrected chi connectivity index (χ3v) is 5.07. The summed E-state index contributed by atoms with van der Waals surface area (Å²) in [6.07, 6.45) is 4.90. The smallest absolute Gasteiger partial charge is 0.263 e. The minimum absolute atomic E-state index is 0.202. The van der Waals surface area contributed by atoms with Gasteiger partial charge in [-0.25, -0.2) is 15.0 Å². The normalized spacial score (nSPS) is 13.9. The van der Waals surface area contributed by atoms with Crippen LogP contribution < -0.4 is 15.8 Å². The van der Waals surface area contributed by atoms with Crippen LogP contribution in [0.2, 0.25) is 0 Å². The molecule has 0 unspecified atom stereocenters. The lowest BCUT2D eigenvalue weighted by Gasteiger charge is -2.35. The summed E-state index contributed by atoms with van der Waals surface area (Å²) in [5.41, 5.74) is 1.03. The zero-order valence-electron chi connectivity index (χ0n) is 16.9. The van der Waals surface area contributed by atoms with E-state index in [2.05, 4.69) is 25.2 Å². The van der Waals surface area contributed by atoms with Crippen molar-refractivity contribution in [1.29, 1.82) is 0 Å². The van der Waals surface area contributed by atoms with E-state index in [4.69, 9.17) is 0 Å². The first-order valence-electron chi connectivity index (χ1n) is 9.73. The molecular weight excluding hydrogens is 382 g/mol. The molecule has 0 radical (unpaired) electrons. The van der Waals surface area contributed by atoms with E-state index in [-0.39, 0.29) is 17.0 Å². The van der Waals surface area contributed by atoms with Gasteiger partial charge in [-0.1, -0.05) is 0 Å². The summed E-state index contributed by atoms with van der Waals surface area (Å²) in [6, 6.07) is 9.04. The van der Waals surface area contributed by atoms with E-state index in [0.717, 1.165) is 17.2 Å². The lowest BCUT2D eigenvalue weighted by molar-refractivity contribution is 0.0744. The molecule has 1 saturated heterocycles. The maximum atomic E-state index is 12.8. The number of carbonyl (C=O) groups is 1. The van der Waals surface area contributed by atoms with Crippen molar-refractivity contribution in [1.82, 2.24) is 24.4 Å². The quantitative estimate of drug-likeness (QED) is 0.704. The number of aromatic nitrogens is 4. The number of aryl methyl sites for hydroxylation is 2. The Morgan fingerprint density at radius 2 is 1.80 bits per heavy atom. The van der Waals surface area contributed by atoms with Crippen LogP contribution in [0, 0.1) is 6.92 Å². The second-order valence-electron chi connectivity index (χ2n) is 7.22. The fraction of sp³-hybridized carbons (Fsp3) is 0.286. The summed E-state index contributed by atoms with van der Waals surface area (Å²) in [7, 11) is 1.64. The highest BCUT2D eigenvalue weighted by Crippen LogP contribution is 2.19. The van der Waals surface area contributed by atoms with Crippen LogP contribution in [0.3, 0.4) is 0 Å². The highest BCUT2D eigenvalue weighted by atomic mass is 16.2. The van der Waals surface area contributed by atoms with Crippen LogP contribution in [0.25, 0.3) is 0 Å². The van der Waals surface area contributed by atoms with Crippen molar-refractivity contribution < 1.29 is 4.79 Å². The van der Waals surface area contributed by atoms with E-state index in [1.54, 1.807) is 36.5 Å². The summed E-state index contributed by atoms with van der Waals surface area (Å²) >= 11 is 0. The van der Waals surface area contributed by atoms with Gasteiger partial charge in [-0.3, -0.25) is 9.59 Å². The van der Waals surface area contributed by atoms with Gasteiger partial charge in [0.15, 0.2) is 0 Å². The Bertz CT molecular complexity index is 1120. The molecule has 1 aliphatic heterocycles. The van der Waals surface area contributed by atoms with Crippen LogP contribution in [0.15, 0.2) is 53.8 Å². The minimum Gasteiger partial charge on any atom is -0.353 e. The number of pyridine rings is 2. The van der Waals surface area contributed by atoms with Gasteiger partial charge in [0.2, 0.25) is 0 Å². The van der Waals surface area contributed by atoms with Gasteiger partial charge in [0.05, 0.1) is 0 Å². The van der Waals surface area contributed by atoms with E-state index in [9.17, 15) is 9.59 Å². The monoisotopic (exact) mass is 405 g/mol. The number of rotatable bonds is 4. The molecule has 4 heterocycles. The number of piperazine rings is 1. The molecule has 0 bridgehead atoms. The number of nitrogens with zero attached hydrogens (tertiary/aromatic N) is 6. The van der Waals surface area contributed by atoms with Gasteiger partial charge in [0.25, 0.3) is 11.5 Å². The molecule has 1 fully saturated rings. The lowest BCUT2D eigenvalue weighted by atomic mass is 10.2. The van der Waals surface area contributed by atoms with Gasteiger partial charge in [-0.05, 0) is 36.8 Å². The lowest BCUT2D eigenvalue weighted by Crippen LogP contribution is -2.50. The predicted molar refractivity (Wildman–Crippen MR) is 114 cm³/mol. The standard InChI is InChI=1S/C21H23N7O2/c1-15-5-6-22-17(12-15)25-18-13-19(24-14-23-18)27-8-10-28(11-9-27)21(30)16-4-3-7-26(2)20(16)29/h3-7,12-14H,8-11H2,1-2H3,(H,22,23,24,25). The van der Waals surface area contributed by atoms with Crippen LogP contribution >= 0.6 is 0 Å². The molecule has 154 valence electrons. The predicted octanol–water partition coefficient (Wildman–Crippen LogP) is 1.58. The van der Waals surface area contributed by atoms with Crippen molar-refractivity contribution in [3.8, 4) is 0 Å². The second-order valence-corrected chi connectivity index (χ2v) is 7.22. The van der Waals surface area contributed by atoms with E-state index < -0.39 is 0 Å². The molecule has 1 amide bonds. The molecule has 0 saturated carbocycles. The summed E-state index contributed by atoms with van der Waals surface area (Å²) in [4.78, 5) is 41.7. The molecule has 0 aromatic carbocycles. The molecule has 3 aromatic rings. The summed E-state index contributed by atoms with van der Waals surface area (Å²) in [5, 5.41) is 3.19. The van der Waals surface area contributed by atoms with E-state index in [1.165, 1.54) is 10.9 Å². The highest BCUT2D eigenvalue weighted by molar-refractivity contribution is 5.94. The molecular formula is C21H23N7O2. The van der Waals surface area contributed by atoms with Crippen molar-refractivity contribution >= 4 is 23.4 Å². The topological polar surface area (TPSA) is 96.2 Å². The molecule has 0 spiro atoms. The highest BCUT2D eigenvalue weighted by Gasteiger charge is 2.24. The molecule has 1 N–H and O–H groups in total. The molecule has 0 aliphatic carbocycles. The molecule has 1 aliphatic rings. The second kappa shape index (κ2) is 8.32. The number of hydrogen-bond acceptors (Lipinski definition) is 7. The Labute approximate surface area is 174 Å². The Balaban J connectivity index is 1.42. The maximum Gasteiger partial charge on any atom is 0.263 e. The Kier molecular flexibility index (Phi) is 5.42. The number of carbonyl (C=O) groups excluding carboxylic acids is 1. The average Bonchev–Trinajstić information content (AvgIpc) is 2.76. The Morgan fingerprint density at radius 3 is 2.57 bits per heavy atom. The molecule has 4 rings (SSSR count). The third kappa shape index (κ3) is 4.14. The maximum absolute atomic E-state index is 12.8. The van der Waals surface area contributed by atoms with Crippen LogP contribution in [-0.4, -0.2) is 56.5 Å². The average molecular weight is 405 g/mol. The van der Waals surface area contributed by atoms with Crippen molar-refractivity contribution in [3.63, 3.8) is 0 Å². The third-order valence-electron chi connectivity index (χ3n) is 5.07. The van der Waals surface area contributed by atoms with Gasteiger partial charge in [0, 0.05) is 51.7 Å². The van der Waals surface area contributed by atoms with Crippen LogP contribution in [0.4, 0.5) is 17.5 Å². The van der Waals surface area contributed by atoms with Crippen molar-refractivity contribution in [3.05, 3.63) is 70.5 Å². The molecule has 3 aromatic heterocycles. The van der Waals surface area contributed by atoms with Crippen molar-refractivity contribution in [2.24, 2.45) is 7.05 Å². The largest absolute Gasteiger partial charge is 0.353 e. The first-order valence-corrected chi connectivity index (χ1v) is 9.73. The summed E-state index contributed by atoms with van der Waals surface area (Å²) < 4.78 is 1.42. The molecule has 9 nitrogen and oxygen atoms in total. The zero-order valence-corrected chi connectivity index (χ0v) is 16.9. The Morgan fingerprint density at radius 1 is 1.03 bits per heavy atom. The number of amides is 1. The van der Waals surface area contributed by atoms with Crippen LogP contribution in [0.5, 0.6) is 0 Å². The SMILES string of the molecule is Cc1ccnc(Nc2cc(N3CCN(C(=O)c4cccn(C)c4=O)CC3)ncn2)c1.